The van der Waals surface area contributed by atoms with Crippen LogP contribution in [0.1, 0.15) is 11.1 Å². The van der Waals surface area contributed by atoms with Crippen LogP contribution >= 0.6 is 0 Å². The Morgan fingerprint density at radius 3 is 1.83 bits per heavy atom. The average Bonchev–Trinajstić information content (AvgIpc) is 3.15. The van der Waals surface area contributed by atoms with Crippen LogP contribution in [0.5, 0.6) is 0 Å². The number of fused-ring (bicyclic) bond motifs is 4. The van der Waals surface area contributed by atoms with E-state index in [0.29, 0.717) is 5.56 Å². The topological polar surface area (TPSA) is 56.1 Å². The van der Waals surface area contributed by atoms with Crippen molar-refractivity contribution in [3.8, 4) is 28.5 Å². The Labute approximate surface area is 280 Å². The second kappa shape index (κ2) is 11.1. The fourth-order valence-electron chi connectivity index (χ4n) is 7.42. The summed E-state index contributed by atoms with van der Waals surface area (Å²) >= 11 is 0. The maximum Gasteiger partial charge on any atom is 0.252 e. The molecule has 6 aromatic carbocycles. The molecule has 1 aromatic heterocycles. The number of aromatic nitrogens is 2. The molecule has 5 nitrogen and oxygen atoms in total. The molecule has 6 heteroatoms. The van der Waals surface area contributed by atoms with Crippen molar-refractivity contribution in [2.24, 2.45) is 0 Å². The lowest BCUT2D eigenvalue weighted by Gasteiger charge is -2.44. The summed E-state index contributed by atoms with van der Waals surface area (Å²) in [6.45, 7) is 2.06. The van der Waals surface area contributed by atoms with Crippen molar-refractivity contribution in [2.45, 2.75) is 6.92 Å². The Morgan fingerprint density at radius 1 is 0.583 bits per heavy atom. The van der Waals surface area contributed by atoms with Gasteiger partial charge in [-0.2, -0.15) is 5.26 Å². The van der Waals surface area contributed by atoms with Crippen LogP contribution in [0, 0.1) is 18.3 Å². The number of hydrogen-bond acceptors (Lipinski definition) is 5. The molecule has 0 N–H and O–H groups in total. The minimum Gasteiger partial charge on any atom is -0.311 e. The number of aryl methyl sites for hydroxylation is 1. The van der Waals surface area contributed by atoms with E-state index in [4.69, 9.17) is 4.98 Å². The lowest BCUT2D eigenvalue weighted by Crippen LogP contribution is -2.61. The number of para-hydroxylation sites is 3. The highest BCUT2D eigenvalue weighted by Gasteiger charge is 2.43. The van der Waals surface area contributed by atoms with E-state index < -0.39 is 0 Å². The van der Waals surface area contributed by atoms with E-state index in [1.807, 2.05) is 30.5 Å². The molecular formula is C42H28BN5. The van der Waals surface area contributed by atoms with E-state index in [1.54, 1.807) is 6.33 Å². The van der Waals surface area contributed by atoms with Crippen LogP contribution in [0.15, 0.2) is 152 Å². The van der Waals surface area contributed by atoms with E-state index in [1.165, 1.54) is 16.4 Å². The third-order valence-corrected chi connectivity index (χ3v) is 9.52. The van der Waals surface area contributed by atoms with Gasteiger partial charge < -0.3 is 9.80 Å². The normalized spacial score (nSPS) is 12.5. The Bertz CT molecular complexity index is 2370. The maximum absolute atomic E-state index is 9.42. The standard InChI is InChI=1S/C42H28BN5/c1-28-26-45-27-46-42(28)32-23-39-41-40(24-32)48(34-12-6-3-7-13-34)38-21-20-31(30-18-16-29(25-44)17-19-30)22-36(38)43(41)35-14-8-9-15-37(35)47(39)33-10-4-2-5-11-33/h2-24,26-27H,1H3. The van der Waals surface area contributed by atoms with Crippen molar-refractivity contribution in [2.75, 3.05) is 9.80 Å². The fraction of sp³-hybridized carbons (Fsp3) is 0.0238. The number of hydrogen-bond donors (Lipinski definition) is 0. The zero-order valence-corrected chi connectivity index (χ0v) is 26.2. The molecule has 0 saturated carbocycles. The summed E-state index contributed by atoms with van der Waals surface area (Å²) in [6, 6.07) is 51.6. The van der Waals surface area contributed by atoms with Crippen molar-refractivity contribution in [1.82, 2.24) is 9.97 Å². The average molecular weight is 614 g/mol. The molecule has 7 aromatic rings. The van der Waals surface area contributed by atoms with Crippen LogP contribution in [-0.2, 0) is 0 Å². The zero-order valence-electron chi connectivity index (χ0n) is 26.2. The molecule has 0 radical (unpaired) electrons. The predicted molar refractivity (Wildman–Crippen MR) is 196 cm³/mol. The molecule has 0 atom stereocenters. The Morgan fingerprint density at radius 2 is 1.19 bits per heavy atom. The van der Waals surface area contributed by atoms with Gasteiger partial charge in [0.25, 0.3) is 6.71 Å². The third-order valence-electron chi connectivity index (χ3n) is 9.52. The molecule has 3 heterocycles. The molecule has 2 aliphatic rings. The second-order valence-electron chi connectivity index (χ2n) is 12.3. The van der Waals surface area contributed by atoms with Gasteiger partial charge in [-0.1, -0.05) is 78.9 Å². The van der Waals surface area contributed by atoms with Gasteiger partial charge in [0.05, 0.1) is 17.3 Å². The molecule has 9 rings (SSSR count). The number of rotatable bonds is 4. The van der Waals surface area contributed by atoms with E-state index in [-0.39, 0.29) is 6.71 Å². The van der Waals surface area contributed by atoms with Gasteiger partial charge >= 0.3 is 0 Å². The maximum atomic E-state index is 9.42. The van der Waals surface area contributed by atoms with Crippen molar-refractivity contribution >= 4 is 57.2 Å². The van der Waals surface area contributed by atoms with Gasteiger partial charge in [-0.25, -0.2) is 9.97 Å². The van der Waals surface area contributed by atoms with Gasteiger partial charge in [-0.05, 0) is 101 Å². The summed E-state index contributed by atoms with van der Waals surface area (Å²) in [4.78, 5) is 13.9. The van der Waals surface area contributed by atoms with Crippen molar-refractivity contribution in [1.29, 1.82) is 5.26 Å². The fourth-order valence-corrected chi connectivity index (χ4v) is 7.42. The van der Waals surface area contributed by atoms with Crippen LogP contribution in [0.2, 0.25) is 0 Å². The molecule has 0 amide bonds. The number of nitrogens with zero attached hydrogens (tertiary/aromatic N) is 5. The molecule has 0 fully saturated rings. The van der Waals surface area contributed by atoms with Crippen LogP contribution in [0.4, 0.5) is 34.1 Å². The van der Waals surface area contributed by atoms with Gasteiger partial charge in [0, 0.05) is 45.9 Å². The molecule has 0 saturated heterocycles. The van der Waals surface area contributed by atoms with Crippen molar-refractivity contribution in [3.05, 3.63) is 163 Å². The summed E-state index contributed by atoms with van der Waals surface area (Å²) in [5, 5.41) is 9.42. The largest absolute Gasteiger partial charge is 0.311 e. The minimum atomic E-state index is -0.0139. The van der Waals surface area contributed by atoms with Crippen molar-refractivity contribution < 1.29 is 0 Å². The monoisotopic (exact) mass is 613 g/mol. The van der Waals surface area contributed by atoms with E-state index in [9.17, 15) is 5.26 Å². The first-order valence-electron chi connectivity index (χ1n) is 16.1. The highest BCUT2D eigenvalue weighted by Crippen LogP contribution is 2.46. The molecule has 0 unspecified atom stereocenters. The molecular weight excluding hydrogens is 585 g/mol. The van der Waals surface area contributed by atoms with Crippen LogP contribution in [0.3, 0.4) is 0 Å². The summed E-state index contributed by atoms with van der Waals surface area (Å²) in [6.07, 6.45) is 3.52. The third kappa shape index (κ3) is 4.33. The summed E-state index contributed by atoms with van der Waals surface area (Å²) in [5.74, 6) is 0. The Kier molecular flexibility index (Phi) is 6.44. The van der Waals surface area contributed by atoms with E-state index >= 15 is 0 Å². The lowest BCUT2D eigenvalue weighted by atomic mass is 9.33. The molecule has 48 heavy (non-hydrogen) atoms. The van der Waals surface area contributed by atoms with Crippen LogP contribution in [-0.4, -0.2) is 16.7 Å². The Hall–Kier alpha value is -6.45. The predicted octanol–water partition coefficient (Wildman–Crippen LogP) is 8.07. The summed E-state index contributed by atoms with van der Waals surface area (Å²) < 4.78 is 0. The first-order valence-corrected chi connectivity index (χ1v) is 16.1. The van der Waals surface area contributed by atoms with Gasteiger partial charge in [0.2, 0.25) is 0 Å². The summed E-state index contributed by atoms with van der Waals surface area (Å²) in [7, 11) is 0. The smallest absolute Gasteiger partial charge is 0.252 e. The van der Waals surface area contributed by atoms with Gasteiger partial charge in [0.15, 0.2) is 0 Å². The molecule has 0 spiro atoms. The highest BCUT2D eigenvalue weighted by atomic mass is 15.2. The first kappa shape index (κ1) is 27.8. The molecule has 224 valence electrons. The van der Waals surface area contributed by atoms with Gasteiger partial charge in [-0.3, -0.25) is 0 Å². The quantitative estimate of drug-likeness (QED) is 0.188. The minimum absolute atomic E-state index is 0.0139. The van der Waals surface area contributed by atoms with Crippen LogP contribution < -0.4 is 26.2 Å². The molecule has 0 bridgehead atoms. The van der Waals surface area contributed by atoms with Crippen LogP contribution in [0.25, 0.3) is 22.4 Å². The Balaban J connectivity index is 1.39. The van der Waals surface area contributed by atoms with E-state index in [0.717, 1.165) is 62.1 Å². The highest BCUT2D eigenvalue weighted by molar-refractivity contribution is 7.00. The summed E-state index contributed by atoms with van der Waals surface area (Å²) in [5.41, 5.74) is 16.3. The lowest BCUT2D eigenvalue weighted by molar-refractivity contribution is 1.13. The number of nitriles is 1. The molecule has 2 aliphatic heterocycles. The van der Waals surface area contributed by atoms with Gasteiger partial charge in [0.1, 0.15) is 6.33 Å². The number of anilines is 6. The van der Waals surface area contributed by atoms with Crippen molar-refractivity contribution in [3.63, 3.8) is 0 Å². The number of benzene rings is 6. The van der Waals surface area contributed by atoms with E-state index in [2.05, 4.69) is 143 Å². The zero-order chi connectivity index (χ0) is 32.2. The second-order valence-corrected chi connectivity index (χ2v) is 12.3. The first-order chi connectivity index (χ1) is 23.7. The SMILES string of the molecule is Cc1cncnc1-c1cc2c3c(c1)N(c1ccccc1)c1ccc(-c4ccc(C#N)cc4)cc1B3c1ccccc1N2c1ccccc1. The van der Waals surface area contributed by atoms with Gasteiger partial charge in [-0.15, -0.1) is 0 Å². The molecule has 0 aliphatic carbocycles.